The number of nitrogen functional groups attached to an aromatic ring is 1. The summed E-state index contributed by atoms with van der Waals surface area (Å²) in [6.07, 6.45) is 0. The van der Waals surface area contributed by atoms with Gasteiger partial charge in [-0.25, -0.2) is 4.79 Å². The number of aromatic hydroxyl groups is 1. The molecule has 1 aromatic carbocycles. The normalized spacial score (nSPS) is 9.75. The van der Waals surface area contributed by atoms with Gasteiger partial charge in [0.2, 0.25) is 0 Å². The predicted molar refractivity (Wildman–Crippen MR) is 52.2 cm³/mol. The number of halogens is 1. The molecule has 0 atom stereocenters. The second kappa shape index (κ2) is 3.18. The van der Waals surface area contributed by atoms with E-state index in [-0.39, 0.29) is 11.3 Å². The zero-order valence-corrected chi connectivity index (χ0v) is 8.07. The molecule has 0 spiro atoms. The first-order chi connectivity index (χ1) is 5.52. The summed E-state index contributed by atoms with van der Waals surface area (Å²) in [4.78, 5) is 10.5. The van der Waals surface area contributed by atoms with Gasteiger partial charge >= 0.3 is 5.97 Å². The van der Waals surface area contributed by atoms with Crippen LogP contribution in [0.5, 0.6) is 5.75 Å². The number of carboxylic acids is 1. The van der Waals surface area contributed by atoms with Gasteiger partial charge in [-0.05, 0) is 28.7 Å². The van der Waals surface area contributed by atoms with Crippen LogP contribution in [-0.4, -0.2) is 16.2 Å². The van der Waals surface area contributed by atoms with Crippen molar-refractivity contribution in [3.63, 3.8) is 0 Å². The molecule has 0 aliphatic carbocycles. The molecule has 1 aromatic rings. The molecule has 5 heteroatoms. The molecule has 0 amide bonds. The topological polar surface area (TPSA) is 83.5 Å². The number of nitrogens with two attached hydrogens (primary N) is 1. The van der Waals surface area contributed by atoms with Crippen molar-refractivity contribution in [1.82, 2.24) is 0 Å². The molecular formula is C7H6INO3. The summed E-state index contributed by atoms with van der Waals surface area (Å²) in [6.45, 7) is 0. The van der Waals surface area contributed by atoms with Crippen LogP contribution in [-0.2, 0) is 0 Å². The number of carbonyl (C=O) groups is 1. The number of benzene rings is 1. The molecule has 1 rings (SSSR count). The lowest BCUT2D eigenvalue weighted by molar-refractivity contribution is 0.0693. The third kappa shape index (κ3) is 1.60. The molecule has 0 radical (unpaired) electrons. The molecular weight excluding hydrogens is 273 g/mol. The van der Waals surface area contributed by atoms with E-state index < -0.39 is 5.97 Å². The highest BCUT2D eigenvalue weighted by molar-refractivity contribution is 14.1. The van der Waals surface area contributed by atoms with E-state index in [0.29, 0.717) is 9.26 Å². The van der Waals surface area contributed by atoms with Crippen LogP contribution < -0.4 is 5.73 Å². The summed E-state index contributed by atoms with van der Waals surface area (Å²) in [5.74, 6) is -1.47. The van der Waals surface area contributed by atoms with E-state index in [2.05, 4.69) is 0 Å². The fourth-order valence-corrected chi connectivity index (χ4v) is 1.22. The smallest absolute Gasteiger partial charge is 0.339 e. The van der Waals surface area contributed by atoms with Crippen LogP contribution in [0.15, 0.2) is 12.1 Å². The van der Waals surface area contributed by atoms with Gasteiger partial charge in [-0.2, -0.15) is 0 Å². The molecule has 4 N–H and O–H groups in total. The summed E-state index contributed by atoms with van der Waals surface area (Å²) in [6, 6.07) is 2.55. The van der Waals surface area contributed by atoms with Crippen LogP contribution in [0.2, 0.25) is 0 Å². The zero-order valence-electron chi connectivity index (χ0n) is 5.91. The number of hydrogen-bond donors (Lipinski definition) is 3. The number of rotatable bonds is 1. The Balaban J connectivity index is 3.33. The summed E-state index contributed by atoms with van der Waals surface area (Å²) in [7, 11) is 0. The minimum atomic E-state index is -1.16. The molecule has 0 saturated heterocycles. The molecule has 0 saturated carbocycles. The highest BCUT2D eigenvalue weighted by atomic mass is 127. The quantitative estimate of drug-likeness (QED) is 0.534. The number of hydrogen-bond acceptors (Lipinski definition) is 3. The van der Waals surface area contributed by atoms with Crippen LogP contribution >= 0.6 is 22.6 Å². The van der Waals surface area contributed by atoms with Gasteiger partial charge in [-0.15, -0.1) is 0 Å². The molecule has 0 aliphatic heterocycles. The second-order valence-electron chi connectivity index (χ2n) is 2.20. The molecule has 64 valence electrons. The standard InChI is InChI=1S/C7H6INO3/c8-4-1-3(7(11)12)6(10)2-5(4)9/h1-2,10H,9H2,(H,11,12). The molecule has 0 aliphatic rings. The van der Waals surface area contributed by atoms with E-state index in [1.807, 2.05) is 22.6 Å². The van der Waals surface area contributed by atoms with E-state index in [9.17, 15) is 4.79 Å². The van der Waals surface area contributed by atoms with Crippen molar-refractivity contribution in [3.8, 4) is 5.75 Å². The van der Waals surface area contributed by atoms with Crippen molar-refractivity contribution in [2.24, 2.45) is 0 Å². The maximum Gasteiger partial charge on any atom is 0.339 e. The Morgan fingerprint density at radius 1 is 1.50 bits per heavy atom. The van der Waals surface area contributed by atoms with Crippen molar-refractivity contribution < 1.29 is 15.0 Å². The Hall–Kier alpha value is -0.980. The summed E-state index contributed by atoms with van der Waals surface area (Å²) >= 11 is 1.90. The first-order valence-corrected chi connectivity index (χ1v) is 4.11. The molecule has 0 unspecified atom stereocenters. The summed E-state index contributed by atoms with van der Waals surface area (Å²) in [5, 5.41) is 17.7. The fraction of sp³-hybridized carbons (Fsp3) is 0. The first-order valence-electron chi connectivity index (χ1n) is 3.03. The maximum atomic E-state index is 10.5. The van der Waals surface area contributed by atoms with Gasteiger partial charge in [-0.1, -0.05) is 0 Å². The number of carboxylic acid groups (broad SMARTS) is 1. The van der Waals surface area contributed by atoms with Crippen molar-refractivity contribution in [2.75, 3.05) is 5.73 Å². The Morgan fingerprint density at radius 2 is 2.08 bits per heavy atom. The number of anilines is 1. The monoisotopic (exact) mass is 279 g/mol. The third-order valence-electron chi connectivity index (χ3n) is 1.35. The molecule has 4 nitrogen and oxygen atoms in total. The zero-order chi connectivity index (χ0) is 9.30. The Labute approximate surface area is 82.1 Å². The molecule has 0 bridgehead atoms. The highest BCUT2D eigenvalue weighted by Gasteiger charge is 2.11. The molecule has 12 heavy (non-hydrogen) atoms. The average molecular weight is 279 g/mol. The number of aromatic carboxylic acids is 1. The lowest BCUT2D eigenvalue weighted by atomic mass is 10.2. The maximum absolute atomic E-state index is 10.5. The SMILES string of the molecule is Nc1cc(O)c(C(=O)O)cc1I. The Morgan fingerprint density at radius 3 is 2.58 bits per heavy atom. The molecule has 0 aromatic heterocycles. The highest BCUT2D eigenvalue weighted by Crippen LogP contribution is 2.25. The van der Waals surface area contributed by atoms with Crippen LogP contribution in [0, 0.1) is 3.57 Å². The van der Waals surface area contributed by atoms with Crippen LogP contribution in [0.4, 0.5) is 5.69 Å². The van der Waals surface area contributed by atoms with Crippen LogP contribution in [0.1, 0.15) is 10.4 Å². The van der Waals surface area contributed by atoms with Crippen molar-refractivity contribution in [2.45, 2.75) is 0 Å². The Kier molecular flexibility index (Phi) is 2.41. The van der Waals surface area contributed by atoms with Gasteiger partial charge in [-0.3, -0.25) is 0 Å². The minimum absolute atomic E-state index is 0.131. The molecule has 0 fully saturated rings. The van der Waals surface area contributed by atoms with E-state index in [1.165, 1.54) is 12.1 Å². The van der Waals surface area contributed by atoms with Gasteiger partial charge < -0.3 is 15.9 Å². The van der Waals surface area contributed by atoms with Crippen LogP contribution in [0.3, 0.4) is 0 Å². The van der Waals surface area contributed by atoms with Gasteiger partial charge in [0.15, 0.2) is 0 Å². The van der Waals surface area contributed by atoms with Crippen LogP contribution in [0.25, 0.3) is 0 Å². The lowest BCUT2D eigenvalue weighted by Gasteiger charge is -2.02. The van der Waals surface area contributed by atoms with E-state index in [0.717, 1.165) is 0 Å². The fourth-order valence-electron chi connectivity index (χ4n) is 0.749. The van der Waals surface area contributed by atoms with Crippen molar-refractivity contribution in [3.05, 3.63) is 21.3 Å². The van der Waals surface area contributed by atoms with Gasteiger partial charge in [0, 0.05) is 15.3 Å². The number of phenols is 1. The van der Waals surface area contributed by atoms with Gasteiger partial charge in [0.05, 0.1) is 0 Å². The largest absolute Gasteiger partial charge is 0.507 e. The first kappa shape index (κ1) is 9.11. The summed E-state index contributed by atoms with van der Waals surface area (Å²) in [5.41, 5.74) is 5.67. The minimum Gasteiger partial charge on any atom is -0.507 e. The van der Waals surface area contributed by atoms with E-state index in [4.69, 9.17) is 15.9 Å². The van der Waals surface area contributed by atoms with Gasteiger partial charge in [0.25, 0.3) is 0 Å². The van der Waals surface area contributed by atoms with Crippen molar-refractivity contribution in [1.29, 1.82) is 0 Å². The summed E-state index contributed by atoms with van der Waals surface area (Å²) < 4.78 is 0.614. The average Bonchev–Trinajstić information content (AvgIpc) is 1.96. The second-order valence-corrected chi connectivity index (χ2v) is 3.36. The van der Waals surface area contributed by atoms with E-state index >= 15 is 0 Å². The molecule has 0 heterocycles. The lowest BCUT2D eigenvalue weighted by Crippen LogP contribution is -1.99. The van der Waals surface area contributed by atoms with Gasteiger partial charge in [0.1, 0.15) is 11.3 Å². The third-order valence-corrected chi connectivity index (χ3v) is 2.28. The Bertz CT molecular complexity index is 338. The van der Waals surface area contributed by atoms with Crippen molar-refractivity contribution >= 4 is 34.2 Å². The van der Waals surface area contributed by atoms with E-state index in [1.54, 1.807) is 0 Å². The predicted octanol–water partition coefficient (Wildman–Crippen LogP) is 1.28.